The number of hydrogen-bond acceptors (Lipinski definition) is 7. The van der Waals surface area contributed by atoms with Crippen molar-refractivity contribution >= 4 is 50.0 Å². The maximum Gasteiger partial charge on any atom is 0.314 e. The summed E-state index contributed by atoms with van der Waals surface area (Å²) < 4.78 is 1.17. The summed E-state index contributed by atoms with van der Waals surface area (Å²) in [5.74, 6) is -0.452. The van der Waals surface area contributed by atoms with Gasteiger partial charge < -0.3 is 15.1 Å². The van der Waals surface area contributed by atoms with Gasteiger partial charge in [-0.3, -0.25) is 19.7 Å². The number of nitrogens with one attached hydrogen (secondary N) is 2. The third-order valence-electron chi connectivity index (χ3n) is 8.41. The molecule has 0 bridgehead atoms. The Balaban J connectivity index is 1.26. The number of aromatic nitrogens is 4. The number of piperidine rings is 2. The van der Waals surface area contributed by atoms with E-state index in [9.17, 15) is 9.59 Å². The molecule has 0 saturated carbocycles. The van der Waals surface area contributed by atoms with Crippen LogP contribution in [0.15, 0.2) is 36.8 Å². The fourth-order valence-electron chi connectivity index (χ4n) is 6.39. The fourth-order valence-corrected chi connectivity index (χ4v) is 7.69. The van der Waals surface area contributed by atoms with E-state index >= 15 is 0 Å². The van der Waals surface area contributed by atoms with Crippen LogP contribution < -0.4 is 5.32 Å². The van der Waals surface area contributed by atoms with Crippen LogP contribution in [0.4, 0.5) is 5.69 Å². The molecule has 0 spiro atoms. The predicted octanol–water partition coefficient (Wildman–Crippen LogP) is 4.95. The monoisotopic (exact) mass is 545 g/mol. The summed E-state index contributed by atoms with van der Waals surface area (Å²) in [6.45, 7) is 9.48. The summed E-state index contributed by atoms with van der Waals surface area (Å²) in [6, 6.07) is 6.21. The predicted molar refractivity (Wildman–Crippen MR) is 154 cm³/mol. The molecule has 2 fully saturated rings. The van der Waals surface area contributed by atoms with Crippen molar-refractivity contribution in [1.29, 1.82) is 0 Å². The molecular formula is C29H35N7O2S. The Labute approximate surface area is 232 Å². The van der Waals surface area contributed by atoms with Crippen molar-refractivity contribution in [3.8, 4) is 0 Å². The van der Waals surface area contributed by atoms with E-state index in [1.807, 2.05) is 0 Å². The minimum absolute atomic E-state index is 0.163. The van der Waals surface area contributed by atoms with E-state index in [0.29, 0.717) is 29.6 Å². The molecule has 2 unspecified atom stereocenters. The molecule has 2 amide bonds. The highest BCUT2D eigenvalue weighted by molar-refractivity contribution is 7.18. The summed E-state index contributed by atoms with van der Waals surface area (Å²) >= 11 is 1.79. The second kappa shape index (κ2) is 9.98. The van der Waals surface area contributed by atoms with Crippen LogP contribution in [0.25, 0.3) is 21.1 Å². The maximum absolute atomic E-state index is 13.5. The number of carbonyl (C=O) groups is 2. The molecule has 2 aliphatic heterocycles. The number of aromatic amines is 1. The zero-order chi connectivity index (χ0) is 27.3. The SMILES string of the molecule is C[C@H]1CCC(c2ccc3sc(C4CCN(C)CC4(C)C)nc3c2)N(C(=O)C(=O)Nc2cncc3cn[nH]c23)C1. The largest absolute Gasteiger partial charge is 0.327 e. The molecule has 2 aliphatic rings. The number of anilines is 1. The zero-order valence-corrected chi connectivity index (χ0v) is 23.7. The van der Waals surface area contributed by atoms with Gasteiger partial charge in [-0.2, -0.15) is 5.10 Å². The molecule has 2 N–H and O–H groups in total. The minimum Gasteiger partial charge on any atom is -0.327 e. The van der Waals surface area contributed by atoms with Crippen LogP contribution in [0, 0.1) is 11.3 Å². The van der Waals surface area contributed by atoms with Crippen LogP contribution in [0.3, 0.4) is 0 Å². The average molecular weight is 546 g/mol. The Morgan fingerprint density at radius 1 is 1.15 bits per heavy atom. The molecule has 6 rings (SSSR count). The number of hydrogen-bond donors (Lipinski definition) is 2. The van der Waals surface area contributed by atoms with E-state index in [-0.39, 0.29) is 11.5 Å². The summed E-state index contributed by atoms with van der Waals surface area (Å²) in [4.78, 5) is 40.1. The molecule has 39 heavy (non-hydrogen) atoms. The number of thiazole rings is 1. The van der Waals surface area contributed by atoms with E-state index in [1.54, 1.807) is 28.6 Å². The van der Waals surface area contributed by atoms with Crippen LogP contribution in [0.1, 0.15) is 62.6 Å². The number of carbonyl (C=O) groups excluding carboxylic acids is 2. The lowest BCUT2D eigenvalue weighted by Crippen LogP contribution is -2.46. The normalized spacial score (nSPS) is 23.8. The lowest BCUT2D eigenvalue weighted by molar-refractivity contribution is -0.146. The van der Waals surface area contributed by atoms with Gasteiger partial charge in [0, 0.05) is 30.6 Å². The lowest BCUT2D eigenvalue weighted by atomic mass is 9.74. The third kappa shape index (κ3) is 4.91. The maximum atomic E-state index is 13.5. The van der Waals surface area contributed by atoms with Gasteiger partial charge in [0.25, 0.3) is 0 Å². The number of nitrogens with zero attached hydrogens (tertiary/aromatic N) is 5. The second-order valence-corrected chi connectivity index (χ2v) is 13.0. The molecule has 3 atom stereocenters. The third-order valence-corrected chi connectivity index (χ3v) is 9.56. The summed E-state index contributed by atoms with van der Waals surface area (Å²) in [6.07, 6.45) is 7.74. The first-order chi connectivity index (χ1) is 18.7. The van der Waals surface area contributed by atoms with Crippen molar-refractivity contribution in [3.63, 3.8) is 0 Å². The summed E-state index contributed by atoms with van der Waals surface area (Å²) in [5.41, 5.74) is 3.27. The molecule has 2 saturated heterocycles. The van der Waals surface area contributed by atoms with Crippen molar-refractivity contribution in [3.05, 3.63) is 47.4 Å². The zero-order valence-electron chi connectivity index (χ0n) is 22.9. The van der Waals surface area contributed by atoms with Gasteiger partial charge in [0.1, 0.15) is 0 Å². The quantitative estimate of drug-likeness (QED) is 0.353. The number of likely N-dealkylation sites (tertiary alicyclic amines) is 2. The Morgan fingerprint density at radius 3 is 2.82 bits per heavy atom. The van der Waals surface area contributed by atoms with E-state index in [0.717, 1.165) is 48.8 Å². The molecule has 0 aliphatic carbocycles. The highest BCUT2D eigenvalue weighted by Crippen LogP contribution is 2.44. The van der Waals surface area contributed by atoms with Gasteiger partial charge in [0.2, 0.25) is 0 Å². The standard InChI is InChI=1S/C29H35N7O2S/c1-17-5-7-23(36(15-17)28(38)26(37)32-22-14-30-12-19-13-31-34-25(19)22)18-6-8-24-21(11-18)33-27(39-24)20-9-10-35(4)16-29(20,2)3/h6,8,11-14,17,20,23H,5,7,9-10,15-16H2,1-4H3,(H,31,34)(H,32,37)/t17-,20?,23?/m0/s1. The van der Waals surface area contributed by atoms with Crippen molar-refractivity contribution in [2.75, 3.05) is 32.0 Å². The first-order valence-corrected chi connectivity index (χ1v) is 14.5. The van der Waals surface area contributed by atoms with Crippen LogP contribution in [-0.2, 0) is 9.59 Å². The number of H-pyrrole nitrogens is 1. The molecule has 9 nitrogen and oxygen atoms in total. The van der Waals surface area contributed by atoms with Crippen molar-refractivity contribution in [2.45, 2.75) is 52.0 Å². The summed E-state index contributed by atoms with van der Waals surface area (Å²) in [5, 5.41) is 11.6. The number of amides is 2. The van der Waals surface area contributed by atoms with Gasteiger partial charge in [0.05, 0.1) is 44.9 Å². The van der Waals surface area contributed by atoms with Gasteiger partial charge in [-0.05, 0) is 61.9 Å². The topological polar surface area (TPSA) is 107 Å². The van der Waals surface area contributed by atoms with Crippen molar-refractivity contribution in [1.82, 2.24) is 30.0 Å². The number of benzene rings is 1. The van der Waals surface area contributed by atoms with Gasteiger partial charge in [-0.1, -0.05) is 26.8 Å². The van der Waals surface area contributed by atoms with E-state index < -0.39 is 11.8 Å². The molecular weight excluding hydrogens is 510 g/mol. The number of fused-ring (bicyclic) bond motifs is 2. The Morgan fingerprint density at radius 2 is 2.00 bits per heavy atom. The highest BCUT2D eigenvalue weighted by Gasteiger charge is 2.38. The molecule has 204 valence electrons. The highest BCUT2D eigenvalue weighted by atomic mass is 32.1. The first kappa shape index (κ1) is 25.9. The molecule has 0 radical (unpaired) electrons. The second-order valence-electron chi connectivity index (χ2n) is 12.0. The molecule has 5 heterocycles. The van der Waals surface area contributed by atoms with Crippen molar-refractivity contribution in [2.24, 2.45) is 11.3 Å². The van der Waals surface area contributed by atoms with Crippen molar-refractivity contribution < 1.29 is 9.59 Å². The van der Waals surface area contributed by atoms with E-state index in [2.05, 4.69) is 71.4 Å². The Bertz CT molecular complexity index is 1540. The van der Waals surface area contributed by atoms with Crippen LogP contribution in [0.5, 0.6) is 0 Å². The molecule has 3 aromatic heterocycles. The average Bonchev–Trinajstić information content (AvgIpc) is 3.54. The van der Waals surface area contributed by atoms with Gasteiger partial charge in [-0.25, -0.2) is 4.98 Å². The fraction of sp³-hybridized carbons (Fsp3) is 0.483. The molecule has 1 aromatic carbocycles. The Kier molecular flexibility index (Phi) is 6.63. The van der Waals surface area contributed by atoms with E-state index in [1.165, 1.54) is 15.9 Å². The minimum atomic E-state index is -0.667. The van der Waals surface area contributed by atoms with Crippen LogP contribution in [-0.4, -0.2) is 68.5 Å². The lowest BCUT2D eigenvalue weighted by Gasteiger charge is -2.42. The molecule has 4 aromatic rings. The molecule has 10 heteroatoms. The summed E-state index contributed by atoms with van der Waals surface area (Å²) in [7, 11) is 2.19. The van der Waals surface area contributed by atoms with Gasteiger partial charge in [0.15, 0.2) is 0 Å². The van der Waals surface area contributed by atoms with Crippen LogP contribution in [0.2, 0.25) is 0 Å². The smallest absolute Gasteiger partial charge is 0.314 e. The van der Waals surface area contributed by atoms with Crippen LogP contribution >= 0.6 is 11.3 Å². The number of rotatable bonds is 3. The number of pyridine rings is 1. The van der Waals surface area contributed by atoms with E-state index in [4.69, 9.17) is 4.98 Å². The van der Waals surface area contributed by atoms with Gasteiger partial charge in [-0.15, -0.1) is 11.3 Å². The van der Waals surface area contributed by atoms with Gasteiger partial charge >= 0.3 is 11.8 Å². The Hall–Kier alpha value is -3.37. The first-order valence-electron chi connectivity index (χ1n) is 13.7.